The Labute approximate surface area is 357 Å². The SMILES string of the molecule is CCC(c1ccc(Oc2cccc(N)c2)cc1)c1ccc(Oc2cccc(N)c2)cc1.Nc1ccc(Oc2ccc(CCc3ccc(Oc4ccc(N)cc4)cc3)cc2)cc1. The molecule has 0 spiro atoms. The highest BCUT2D eigenvalue weighted by Crippen LogP contribution is 2.33. The van der Waals surface area contributed by atoms with Gasteiger partial charge in [-0.05, 0) is 163 Å². The van der Waals surface area contributed by atoms with Gasteiger partial charge in [0.2, 0.25) is 0 Å². The molecule has 0 heterocycles. The summed E-state index contributed by atoms with van der Waals surface area (Å²) < 4.78 is 23.5. The minimum atomic E-state index is 0.294. The maximum Gasteiger partial charge on any atom is 0.129 e. The van der Waals surface area contributed by atoms with Gasteiger partial charge in [-0.3, -0.25) is 0 Å². The highest BCUT2D eigenvalue weighted by atomic mass is 16.5. The Balaban J connectivity index is 0.000000184. The number of hydrogen-bond donors (Lipinski definition) is 4. The van der Waals surface area contributed by atoms with Crippen molar-refractivity contribution in [2.45, 2.75) is 32.1 Å². The summed E-state index contributed by atoms with van der Waals surface area (Å²) in [6.07, 6.45) is 2.91. The fraction of sp³-hybridized carbons (Fsp3) is 0.0943. The van der Waals surface area contributed by atoms with Crippen molar-refractivity contribution in [3.8, 4) is 46.0 Å². The van der Waals surface area contributed by atoms with Crippen molar-refractivity contribution in [2.75, 3.05) is 22.9 Å². The molecule has 8 rings (SSSR count). The predicted molar refractivity (Wildman–Crippen MR) is 249 cm³/mol. The molecule has 0 radical (unpaired) electrons. The van der Waals surface area contributed by atoms with Crippen molar-refractivity contribution in [1.29, 1.82) is 0 Å². The first-order valence-electron chi connectivity index (χ1n) is 20.3. The zero-order chi connectivity index (χ0) is 42.4. The molecule has 0 bridgehead atoms. The van der Waals surface area contributed by atoms with E-state index in [0.29, 0.717) is 17.3 Å². The third kappa shape index (κ3) is 12.3. The van der Waals surface area contributed by atoms with Gasteiger partial charge in [0.25, 0.3) is 0 Å². The quantitative estimate of drug-likeness (QED) is 0.0796. The van der Waals surface area contributed by atoms with Crippen LogP contribution in [0.15, 0.2) is 194 Å². The third-order valence-electron chi connectivity index (χ3n) is 9.94. The standard InChI is InChI=1S/C27H26N2O2.C26H24N2O2/c1-2-27(19-9-13-23(14-10-19)30-25-7-3-5-21(28)17-25)20-11-15-24(16-12-20)31-26-8-4-6-22(29)18-26;27-21-7-15-25(16-8-21)29-23-11-3-19(4-12-23)1-2-20-5-13-24(14-6-20)30-26-17-9-22(28)10-18-26/h3-18,27H,2,28-29H2,1H3;3-18H,1-2,27-28H2. The molecule has 8 aromatic rings. The van der Waals surface area contributed by atoms with Crippen LogP contribution < -0.4 is 41.9 Å². The second kappa shape index (κ2) is 20.2. The van der Waals surface area contributed by atoms with Crippen LogP contribution in [0.25, 0.3) is 0 Å². The summed E-state index contributed by atoms with van der Waals surface area (Å²) in [5, 5.41) is 0. The first-order chi connectivity index (χ1) is 29.7. The van der Waals surface area contributed by atoms with Gasteiger partial charge in [0.1, 0.15) is 46.0 Å². The first kappa shape index (κ1) is 41.3. The summed E-state index contributed by atoms with van der Waals surface area (Å²) in [6, 6.07) is 62.5. The van der Waals surface area contributed by atoms with Crippen molar-refractivity contribution < 1.29 is 18.9 Å². The number of aryl methyl sites for hydroxylation is 2. The molecule has 0 aliphatic carbocycles. The van der Waals surface area contributed by atoms with E-state index in [1.165, 1.54) is 22.3 Å². The largest absolute Gasteiger partial charge is 0.457 e. The molecule has 0 saturated heterocycles. The van der Waals surface area contributed by atoms with Crippen molar-refractivity contribution in [3.63, 3.8) is 0 Å². The highest BCUT2D eigenvalue weighted by molar-refractivity contribution is 5.48. The Morgan fingerprint density at radius 3 is 0.934 bits per heavy atom. The molecule has 0 aliphatic rings. The van der Waals surface area contributed by atoms with Gasteiger partial charge in [-0.15, -0.1) is 0 Å². The van der Waals surface area contributed by atoms with E-state index < -0.39 is 0 Å². The molecule has 61 heavy (non-hydrogen) atoms. The second-order valence-electron chi connectivity index (χ2n) is 14.6. The maximum absolute atomic E-state index is 5.91. The van der Waals surface area contributed by atoms with Crippen molar-refractivity contribution >= 4 is 22.7 Å². The van der Waals surface area contributed by atoms with Crippen molar-refractivity contribution in [1.82, 2.24) is 0 Å². The smallest absolute Gasteiger partial charge is 0.129 e. The van der Waals surface area contributed by atoms with E-state index in [9.17, 15) is 0 Å². The van der Waals surface area contributed by atoms with Gasteiger partial charge in [0.15, 0.2) is 0 Å². The monoisotopic (exact) mass is 806 g/mol. The number of ether oxygens (including phenoxy) is 4. The molecule has 0 aliphatic heterocycles. The summed E-state index contributed by atoms with van der Waals surface area (Å²) in [7, 11) is 0. The number of anilines is 4. The topological polar surface area (TPSA) is 141 Å². The molecule has 0 amide bonds. The zero-order valence-electron chi connectivity index (χ0n) is 34.1. The number of hydrogen-bond acceptors (Lipinski definition) is 8. The molecule has 8 heteroatoms. The predicted octanol–water partition coefficient (Wildman–Crippen LogP) is 13.2. The number of rotatable bonds is 14. The molecule has 0 fully saturated rings. The first-order valence-corrected chi connectivity index (χ1v) is 20.3. The minimum absolute atomic E-state index is 0.294. The molecule has 306 valence electrons. The third-order valence-corrected chi connectivity index (χ3v) is 9.94. The summed E-state index contributed by atoms with van der Waals surface area (Å²) in [5.74, 6) is 6.51. The average Bonchev–Trinajstić information content (AvgIpc) is 3.27. The molecule has 8 aromatic carbocycles. The zero-order valence-corrected chi connectivity index (χ0v) is 34.1. The van der Waals surface area contributed by atoms with Gasteiger partial charge in [-0.25, -0.2) is 0 Å². The Morgan fingerprint density at radius 1 is 0.328 bits per heavy atom. The van der Waals surface area contributed by atoms with Crippen LogP contribution in [0.2, 0.25) is 0 Å². The fourth-order valence-corrected chi connectivity index (χ4v) is 6.71. The van der Waals surface area contributed by atoms with Crippen LogP contribution >= 0.6 is 0 Å². The molecular formula is C53H50N4O4. The Bertz CT molecular complexity index is 2400. The molecule has 0 atom stereocenters. The van der Waals surface area contributed by atoms with Crippen LogP contribution in [0.5, 0.6) is 46.0 Å². The summed E-state index contributed by atoms with van der Waals surface area (Å²) >= 11 is 0. The lowest BCUT2D eigenvalue weighted by Crippen LogP contribution is -2.00. The van der Waals surface area contributed by atoms with E-state index in [0.717, 1.165) is 76.6 Å². The van der Waals surface area contributed by atoms with Crippen molar-refractivity contribution in [3.05, 3.63) is 216 Å². The molecule has 8 nitrogen and oxygen atoms in total. The van der Waals surface area contributed by atoms with Gasteiger partial charge in [0.05, 0.1) is 0 Å². The summed E-state index contributed by atoms with van der Waals surface area (Å²) in [5.41, 5.74) is 30.9. The average molecular weight is 807 g/mol. The van der Waals surface area contributed by atoms with Crippen molar-refractivity contribution in [2.24, 2.45) is 0 Å². The molecule has 0 saturated carbocycles. The number of nitrogen functional groups attached to an aromatic ring is 4. The van der Waals surface area contributed by atoms with Crippen LogP contribution in [0, 0.1) is 0 Å². The van der Waals surface area contributed by atoms with E-state index in [4.69, 9.17) is 41.9 Å². The number of benzene rings is 8. The lowest BCUT2D eigenvalue weighted by molar-refractivity contribution is 0.482. The van der Waals surface area contributed by atoms with Gasteiger partial charge >= 0.3 is 0 Å². The van der Waals surface area contributed by atoms with Gasteiger partial charge in [-0.1, -0.05) is 67.6 Å². The van der Waals surface area contributed by atoms with Gasteiger partial charge < -0.3 is 41.9 Å². The molecule has 0 aromatic heterocycles. The van der Waals surface area contributed by atoms with E-state index in [-0.39, 0.29) is 0 Å². The highest BCUT2D eigenvalue weighted by Gasteiger charge is 2.13. The Hall–Kier alpha value is -7.84. The summed E-state index contributed by atoms with van der Waals surface area (Å²) in [6.45, 7) is 2.19. The van der Waals surface area contributed by atoms with E-state index in [2.05, 4.69) is 55.5 Å². The van der Waals surface area contributed by atoms with Crippen LogP contribution in [0.4, 0.5) is 22.7 Å². The fourth-order valence-electron chi connectivity index (χ4n) is 6.71. The minimum Gasteiger partial charge on any atom is -0.457 e. The van der Waals surface area contributed by atoms with Crippen LogP contribution in [0.3, 0.4) is 0 Å². The molecule has 0 unspecified atom stereocenters. The van der Waals surface area contributed by atoms with Crippen LogP contribution in [0.1, 0.15) is 41.5 Å². The Kier molecular flexibility index (Phi) is 13.7. The lowest BCUT2D eigenvalue weighted by Gasteiger charge is -2.17. The normalized spacial score (nSPS) is 10.7. The number of nitrogens with two attached hydrogens (primary N) is 4. The second-order valence-corrected chi connectivity index (χ2v) is 14.6. The van der Waals surface area contributed by atoms with Gasteiger partial charge in [0, 0.05) is 40.8 Å². The molecule has 8 N–H and O–H groups in total. The Morgan fingerprint density at radius 2 is 0.623 bits per heavy atom. The lowest BCUT2D eigenvalue weighted by atomic mass is 9.89. The summed E-state index contributed by atoms with van der Waals surface area (Å²) in [4.78, 5) is 0. The van der Waals surface area contributed by atoms with Crippen LogP contribution in [-0.4, -0.2) is 0 Å². The molecular weight excluding hydrogens is 757 g/mol. The van der Waals surface area contributed by atoms with Crippen LogP contribution in [-0.2, 0) is 12.8 Å². The van der Waals surface area contributed by atoms with Gasteiger partial charge in [-0.2, -0.15) is 0 Å². The van der Waals surface area contributed by atoms with E-state index in [1.807, 2.05) is 146 Å². The maximum atomic E-state index is 5.91. The van der Waals surface area contributed by atoms with E-state index >= 15 is 0 Å². The van der Waals surface area contributed by atoms with E-state index in [1.54, 1.807) is 0 Å².